The average molecular weight is 288 g/mol. The monoisotopic (exact) mass is 288 g/mol. The third-order valence-electron chi connectivity index (χ3n) is 3.88. The fraction of sp³-hybridized carbons (Fsp3) is 0.375. The van der Waals surface area contributed by atoms with Gasteiger partial charge in [0, 0.05) is 44.0 Å². The number of carbonyl (C=O) groups is 2. The Hall–Kier alpha value is -2.30. The Balaban J connectivity index is 1.99. The number of nitrogens with zero attached hydrogens (tertiary/aromatic N) is 2. The third kappa shape index (κ3) is 3.62. The van der Waals surface area contributed by atoms with Crippen LogP contribution >= 0.6 is 0 Å². The van der Waals surface area contributed by atoms with Gasteiger partial charge in [-0.05, 0) is 31.0 Å². The second-order valence-electron chi connectivity index (χ2n) is 5.20. The van der Waals surface area contributed by atoms with Gasteiger partial charge in [-0.15, -0.1) is 0 Å². The summed E-state index contributed by atoms with van der Waals surface area (Å²) in [6.07, 6.45) is 2.01. The van der Waals surface area contributed by atoms with E-state index >= 15 is 0 Å². The zero-order chi connectivity index (χ0) is 15.4. The van der Waals surface area contributed by atoms with E-state index in [0.29, 0.717) is 13.1 Å². The topological polar surface area (TPSA) is 60.9 Å². The standard InChI is InChI=1S/C16H20N2O3/c1-12-4-3-5-14(13(12)2)17-8-10-18(11-9-17)15(19)6-7-16(20)21/h3-7H,8-11H2,1-2H3,(H,20,21)/b7-6-. The molecule has 0 unspecified atom stereocenters. The lowest BCUT2D eigenvalue weighted by atomic mass is 10.1. The average Bonchev–Trinajstić information content (AvgIpc) is 2.48. The minimum atomic E-state index is -1.10. The van der Waals surface area contributed by atoms with E-state index in [1.165, 1.54) is 16.8 Å². The van der Waals surface area contributed by atoms with Crippen molar-refractivity contribution in [3.05, 3.63) is 41.5 Å². The molecule has 1 aromatic carbocycles. The molecule has 0 atom stereocenters. The number of benzene rings is 1. The number of hydrogen-bond donors (Lipinski definition) is 1. The van der Waals surface area contributed by atoms with E-state index in [2.05, 4.69) is 30.9 Å². The Morgan fingerprint density at radius 3 is 2.38 bits per heavy atom. The minimum Gasteiger partial charge on any atom is -0.478 e. The number of anilines is 1. The molecule has 1 N–H and O–H groups in total. The first kappa shape index (κ1) is 15.1. The van der Waals surface area contributed by atoms with E-state index in [4.69, 9.17) is 5.11 Å². The molecule has 1 heterocycles. The van der Waals surface area contributed by atoms with Gasteiger partial charge in [0.15, 0.2) is 0 Å². The van der Waals surface area contributed by atoms with Crippen molar-refractivity contribution in [3.63, 3.8) is 0 Å². The molecular weight excluding hydrogens is 268 g/mol. The van der Waals surface area contributed by atoms with Crippen molar-refractivity contribution in [2.24, 2.45) is 0 Å². The number of carboxylic acid groups (broad SMARTS) is 1. The number of amides is 1. The Kier molecular flexibility index (Phi) is 4.62. The van der Waals surface area contributed by atoms with Crippen LogP contribution in [0.2, 0.25) is 0 Å². The largest absolute Gasteiger partial charge is 0.478 e. The summed E-state index contributed by atoms with van der Waals surface area (Å²) in [5.74, 6) is -1.34. The van der Waals surface area contributed by atoms with Crippen LogP contribution in [-0.2, 0) is 9.59 Å². The molecule has 1 amide bonds. The highest BCUT2D eigenvalue weighted by Crippen LogP contribution is 2.23. The molecule has 1 saturated heterocycles. The lowest BCUT2D eigenvalue weighted by molar-refractivity contribution is -0.132. The van der Waals surface area contributed by atoms with Crippen molar-refractivity contribution in [3.8, 4) is 0 Å². The van der Waals surface area contributed by atoms with Gasteiger partial charge in [-0.1, -0.05) is 12.1 Å². The smallest absolute Gasteiger partial charge is 0.328 e. The molecular formula is C16H20N2O3. The molecule has 0 spiro atoms. The Morgan fingerprint density at radius 1 is 1.10 bits per heavy atom. The van der Waals surface area contributed by atoms with Crippen LogP contribution in [0.1, 0.15) is 11.1 Å². The summed E-state index contributed by atoms with van der Waals surface area (Å²) in [4.78, 5) is 26.2. The van der Waals surface area contributed by atoms with Crippen LogP contribution < -0.4 is 4.90 Å². The normalized spacial score (nSPS) is 15.5. The summed E-state index contributed by atoms with van der Waals surface area (Å²) in [5.41, 5.74) is 3.74. The number of hydrogen-bond acceptors (Lipinski definition) is 3. The first-order valence-corrected chi connectivity index (χ1v) is 7.00. The van der Waals surface area contributed by atoms with Gasteiger partial charge >= 0.3 is 5.97 Å². The molecule has 21 heavy (non-hydrogen) atoms. The summed E-state index contributed by atoms with van der Waals surface area (Å²) in [5, 5.41) is 8.54. The third-order valence-corrected chi connectivity index (χ3v) is 3.88. The Bertz CT molecular complexity index is 573. The van der Waals surface area contributed by atoms with E-state index in [-0.39, 0.29) is 5.91 Å². The summed E-state index contributed by atoms with van der Waals surface area (Å²) < 4.78 is 0. The maximum atomic E-state index is 11.8. The van der Waals surface area contributed by atoms with Gasteiger partial charge in [0.05, 0.1) is 0 Å². The fourth-order valence-corrected chi connectivity index (χ4v) is 2.49. The number of aryl methyl sites for hydroxylation is 1. The Labute approximate surface area is 124 Å². The molecule has 1 aromatic rings. The van der Waals surface area contributed by atoms with E-state index in [9.17, 15) is 9.59 Å². The lowest BCUT2D eigenvalue weighted by Gasteiger charge is -2.36. The van der Waals surface area contributed by atoms with E-state index in [1.807, 2.05) is 6.07 Å². The van der Waals surface area contributed by atoms with Crippen molar-refractivity contribution < 1.29 is 14.7 Å². The van der Waals surface area contributed by atoms with Crippen molar-refractivity contribution in [1.29, 1.82) is 0 Å². The van der Waals surface area contributed by atoms with Gasteiger partial charge in [0.1, 0.15) is 0 Å². The van der Waals surface area contributed by atoms with Crippen molar-refractivity contribution in [2.75, 3.05) is 31.1 Å². The van der Waals surface area contributed by atoms with Crippen LogP contribution in [0.25, 0.3) is 0 Å². The van der Waals surface area contributed by atoms with Gasteiger partial charge in [-0.3, -0.25) is 4.79 Å². The first-order chi connectivity index (χ1) is 9.99. The highest BCUT2D eigenvalue weighted by atomic mass is 16.4. The number of carboxylic acids is 1. The molecule has 0 bridgehead atoms. The molecule has 0 aliphatic carbocycles. The second-order valence-corrected chi connectivity index (χ2v) is 5.20. The molecule has 0 saturated carbocycles. The van der Waals surface area contributed by atoms with Crippen molar-refractivity contribution >= 4 is 17.6 Å². The molecule has 1 fully saturated rings. The van der Waals surface area contributed by atoms with E-state index < -0.39 is 5.97 Å². The zero-order valence-electron chi connectivity index (χ0n) is 12.4. The first-order valence-electron chi connectivity index (χ1n) is 7.00. The molecule has 112 valence electrons. The van der Waals surface area contributed by atoms with E-state index in [1.54, 1.807) is 4.90 Å². The quantitative estimate of drug-likeness (QED) is 0.858. The van der Waals surface area contributed by atoms with Crippen LogP contribution in [0.5, 0.6) is 0 Å². The highest BCUT2D eigenvalue weighted by Gasteiger charge is 2.21. The van der Waals surface area contributed by atoms with Crippen LogP contribution in [0, 0.1) is 13.8 Å². The predicted octanol–water partition coefficient (Wildman–Crippen LogP) is 1.59. The minimum absolute atomic E-state index is 0.238. The summed E-state index contributed by atoms with van der Waals surface area (Å²) in [7, 11) is 0. The summed E-state index contributed by atoms with van der Waals surface area (Å²) in [6.45, 7) is 6.94. The number of carbonyl (C=O) groups excluding carboxylic acids is 1. The maximum Gasteiger partial charge on any atom is 0.328 e. The predicted molar refractivity (Wildman–Crippen MR) is 81.5 cm³/mol. The highest BCUT2D eigenvalue weighted by molar-refractivity contribution is 5.94. The SMILES string of the molecule is Cc1cccc(N2CCN(C(=O)/C=C\C(=O)O)CC2)c1C. The number of aliphatic carboxylic acids is 1. The summed E-state index contributed by atoms with van der Waals surface area (Å²) in [6, 6.07) is 6.24. The molecule has 5 nitrogen and oxygen atoms in total. The number of rotatable bonds is 3. The lowest BCUT2D eigenvalue weighted by Crippen LogP contribution is -2.48. The molecule has 0 aromatic heterocycles. The zero-order valence-corrected chi connectivity index (χ0v) is 12.4. The molecule has 1 aliphatic rings. The molecule has 1 aliphatic heterocycles. The maximum absolute atomic E-state index is 11.8. The van der Waals surface area contributed by atoms with Crippen LogP contribution in [-0.4, -0.2) is 48.1 Å². The van der Waals surface area contributed by atoms with Crippen molar-refractivity contribution in [1.82, 2.24) is 4.90 Å². The molecule has 5 heteroatoms. The Morgan fingerprint density at radius 2 is 1.76 bits per heavy atom. The van der Waals surface area contributed by atoms with Gasteiger partial charge < -0.3 is 14.9 Å². The van der Waals surface area contributed by atoms with Crippen LogP contribution in [0.15, 0.2) is 30.4 Å². The summed E-state index contributed by atoms with van der Waals surface area (Å²) >= 11 is 0. The van der Waals surface area contributed by atoms with Crippen molar-refractivity contribution in [2.45, 2.75) is 13.8 Å². The second kappa shape index (κ2) is 6.43. The van der Waals surface area contributed by atoms with Crippen LogP contribution in [0.4, 0.5) is 5.69 Å². The van der Waals surface area contributed by atoms with E-state index in [0.717, 1.165) is 25.2 Å². The van der Waals surface area contributed by atoms with Gasteiger partial charge in [0.25, 0.3) is 0 Å². The number of piperazine rings is 1. The molecule has 2 rings (SSSR count). The van der Waals surface area contributed by atoms with Crippen LogP contribution in [0.3, 0.4) is 0 Å². The fourth-order valence-electron chi connectivity index (χ4n) is 2.49. The van der Waals surface area contributed by atoms with Gasteiger partial charge in [-0.25, -0.2) is 4.79 Å². The molecule has 0 radical (unpaired) electrons. The van der Waals surface area contributed by atoms with Gasteiger partial charge in [-0.2, -0.15) is 0 Å². The van der Waals surface area contributed by atoms with Gasteiger partial charge in [0.2, 0.25) is 5.91 Å².